The van der Waals surface area contributed by atoms with Crippen LogP contribution in [0.15, 0.2) is 24.4 Å². The molecule has 76 valence electrons. The van der Waals surface area contributed by atoms with Crippen LogP contribution in [0.5, 0.6) is 0 Å². The summed E-state index contributed by atoms with van der Waals surface area (Å²) in [6.45, 7) is 4.14. The monoisotopic (exact) mass is 195 g/mol. The van der Waals surface area contributed by atoms with Crippen LogP contribution in [-0.4, -0.2) is 23.9 Å². The lowest BCUT2D eigenvalue weighted by molar-refractivity contribution is -0.161. The number of allylic oxidation sites excluding steroid dienone is 2. The highest BCUT2D eigenvalue weighted by molar-refractivity contribution is 5.10. The molecule has 1 atom stereocenters. The fourth-order valence-corrected chi connectivity index (χ4v) is 0.557. The van der Waals surface area contributed by atoms with E-state index in [2.05, 4.69) is 6.58 Å². The summed E-state index contributed by atoms with van der Waals surface area (Å²) >= 11 is 0. The smallest absolute Gasteiger partial charge is 0.394 e. The van der Waals surface area contributed by atoms with Crippen molar-refractivity contribution in [1.82, 2.24) is 5.32 Å². The first-order valence-corrected chi connectivity index (χ1v) is 3.63. The van der Waals surface area contributed by atoms with Crippen LogP contribution >= 0.6 is 0 Å². The largest absolute Gasteiger partial charge is 0.410 e. The highest BCUT2D eigenvalue weighted by Crippen LogP contribution is 2.19. The molecule has 0 amide bonds. The Bertz CT molecular complexity index is 198. The van der Waals surface area contributed by atoms with Gasteiger partial charge in [0.05, 0.1) is 6.61 Å². The van der Waals surface area contributed by atoms with Crippen molar-refractivity contribution in [3.63, 3.8) is 0 Å². The molecule has 0 aromatic rings. The third kappa shape index (κ3) is 5.30. The van der Waals surface area contributed by atoms with Gasteiger partial charge in [0.15, 0.2) is 0 Å². The Morgan fingerprint density at radius 1 is 1.62 bits per heavy atom. The Morgan fingerprint density at radius 3 is 2.46 bits per heavy atom. The summed E-state index contributed by atoms with van der Waals surface area (Å²) in [5.74, 6) is 0. The van der Waals surface area contributed by atoms with E-state index in [0.29, 0.717) is 5.57 Å². The van der Waals surface area contributed by atoms with Crippen molar-refractivity contribution in [2.75, 3.05) is 6.61 Å². The van der Waals surface area contributed by atoms with Crippen LogP contribution in [0.25, 0.3) is 0 Å². The first-order chi connectivity index (χ1) is 5.88. The fraction of sp³-hybridized carbons (Fsp3) is 0.500. The highest BCUT2D eigenvalue weighted by Gasteiger charge is 2.38. The van der Waals surface area contributed by atoms with Gasteiger partial charge in [-0.05, 0) is 19.2 Å². The van der Waals surface area contributed by atoms with Crippen LogP contribution in [0.3, 0.4) is 0 Å². The maximum atomic E-state index is 12.0. The van der Waals surface area contributed by atoms with E-state index in [1.165, 1.54) is 6.08 Å². The van der Waals surface area contributed by atoms with E-state index in [4.69, 9.17) is 5.11 Å². The first-order valence-electron chi connectivity index (χ1n) is 3.63. The number of halogens is 3. The molecule has 1 unspecified atom stereocenters. The lowest BCUT2D eigenvalue weighted by Crippen LogP contribution is -2.42. The van der Waals surface area contributed by atoms with Crippen LogP contribution in [0.4, 0.5) is 13.2 Å². The summed E-state index contributed by atoms with van der Waals surface area (Å²) in [6.07, 6.45) is -1.92. The number of hydrogen-bond donors (Lipinski definition) is 2. The second-order valence-corrected chi connectivity index (χ2v) is 2.62. The third-order valence-corrected chi connectivity index (χ3v) is 1.24. The number of alkyl halides is 3. The minimum Gasteiger partial charge on any atom is -0.394 e. The number of rotatable bonds is 4. The van der Waals surface area contributed by atoms with E-state index < -0.39 is 18.8 Å². The quantitative estimate of drug-likeness (QED) is 0.667. The molecule has 0 bridgehead atoms. The average Bonchev–Trinajstić information content (AvgIpc) is 1.95. The number of hydrogen-bond acceptors (Lipinski definition) is 2. The molecule has 0 saturated heterocycles. The maximum Gasteiger partial charge on any atom is 0.410 e. The molecule has 0 rings (SSSR count). The van der Waals surface area contributed by atoms with Gasteiger partial charge in [-0.25, -0.2) is 0 Å². The molecule has 0 radical (unpaired) electrons. The molecule has 0 fully saturated rings. The summed E-state index contributed by atoms with van der Waals surface area (Å²) in [4.78, 5) is 0. The van der Waals surface area contributed by atoms with E-state index in [9.17, 15) is 13.2 Å². The molecule has 0 spiro atoms. The molecule has 2 nitrogen and oxygen atoms in total. The van der Waals surface area contributed by atoms with E-state index in [0.717, 1.165) is 6.20 Å². The van der Waals surface area contributed by atoms with Crippen molar-refractivity contribution in [1.29, 1.82) is 0 Å². The Labute approximate surface area is 74.8 Å². The molecule has 0 aliphatic carbocycles. The maximum absolute atomic E-state index is 12.0. The van der Waals surface area contributed by atoms with Crippen LogP contribution in [0.2, 0.25) is 0 Å². The molecule has 0 heterocycles. The van der Waals surface area contributed by atoms with Crippen molar-refractivity contribution in [2.45, 2.75) is 19.1 Å². The second-order valence-electron chi connectivity index (χ2n) is 2.62. The van der Waals surface area contributed by atoms with Crippen LogP contribution in [-0.2, 0) is 0 Å². The first kappa shape index (κ1) is 12.0. The molecule has 0 aromatic heterocycles. The van der Waals surface area contributed by atoms with Gasteiger partial charge in [-0.3, -0.25) is 0 Å². The molecule has 13 heavy (non-hydrogen) atoms. The van der Waals surface area contributed by atoms with Crippen molar-refractivity contribution in [3.8, 4) is 0 Å². The topological polar surface area (TPSA) is 32.3 Å². The molecular weight excluding hydrogens is 183 g/mol. The van der Waals surface area contributed by atoms with Gasteiger partial charge in [0.25, 0.3) is 0 Å². The zero-order valence-corrected chi connectivity index (χ0v) is 7.23. The summed E-state index contributed by atoms with van der Waals surface area (Å²) < 4.78 is 35.9. The standard InChI is InChI=1S/C8H12F3NO/c1-6(2)3-4-12-7(5-13)8(9,10)11/h3-4,7,12-13H,1,5H2,2H3. The number of nitrogens with one attached hydrogen (secondary N) is 1. The number of aliphatic hydroxyl groups is 1. The van der Waals surface area contributed by atoms with Crippen molar-refractivity contribution in [2.24, 2.45) is 0 Å². The SMILES string of the molecule is C=C(C)C=CNC(CO)C(F)(F)F. The Hall–Kier alpha value is -0.970. The molecule has 0 aliphatic heterocycles. The van der Waals surface area contributed by atoms with Gasteiger partial charge in [-0.15, -0.1) is 0 Å². The van der Waals surface area contributed by atoms with Gasteiger partial charge < -0.3 is 10.4 Å². The minimum absolute atomic E-state index is 0.631. The normalized spacial score (nSPS) is 14.5. The zero-order valence-electron chi connectivity index (χ0n) is 7.23. The van der Waals surface area contributed by atoms with Crippen LogP contribution < -0.4 is 5.32 Å². The van der Waals surface area contributed by atoms with Gasteiger partial charge in [0, 0.05) is 0 Å². The molecule has 0 aromatic carbocycles. The van der Waals surface area contributed by atoms with Crippen molar-refractivity contribution in [3.05, 3.63) is 24.4 Å². The molecule has 0 saturated carbocycles. The van der Waals surface area contributed by atoms with Gasteiger partial charge >= 0.3 is 6.18 Å². The Kier molecular flexibility index (Phi) is 4.55. The lowest BCUT2D eigenvalue weighted by Gasteiger charge is -2.17. The Balaban J connectivity index is 4.08. The van der Waals surface area contributed by atoms with E-state index in [1.807, 2.05) is 5.32 Å². The Morgan fingerprint density at radius 2 is 2.15 bits per heavy atom. The second kappa shape index (κ2) is 4.91. The molecule has 5 heteroatoms. The van der Waals surface area contributed by atoms with Crippen LogP contribution in [0, 0.1) is 0 Å². The predicted octanol–water partition coefficient (Wildman–Crippen LogP) is 1.59. The van der Waals surface area contributed by atoms with Gasteiger partial charge in [0.1, 0.15) is 6.04 Å². The fourth-order valence-electron chi connectivity index (χ4n) is 0.557. The van der Waals surface area contributed by atoms with Gasteiger partial charge in [-0.1, -0.05) is 12.2 Å². The minimum atomic E-state index is -4.44. The predicted molar refractivity (Wildman–Crippen MR) is 44.0 cm³/mol. The van der Waals surface area contributed by atoms with Crippen LogP contribution in [0.1, 0.15) is 6.92 Å². The summed E-state index contributed by atoms with van der Waals surface area (Å²) in [5.41, 5.74) is 0.631. The summed E-state index contributed by atoms with van der Waals surface area (Å²) in [6, 6.07) is -1.91. The van der Waals surface area contributed by atoms with Crippen molar-refractivity contribution < 1.29 is 18.3 Å². The number of aliphatic hydroxyl groups excluding tert-OH is 1. The van der Waals surface area contributed by atoms with Gasteiger partial charge in [0.2, 0.25) is 0 Å². The third-order valence-electron chi connectivity index (χ3n) is 1.24. The van der Waals surface area contributed by atoms with E-state index >= 15 is 0 Å². The summed E-state index contributed by atoms with van der Waals surface area (Å²) in [5, 5.41) is 10.4. The zero-order chi connectivity index (χ0) is 10.5. The molecule has 2 N–H and O–H groups in total. The van der Waals surface area contributed by atoms with Crippen molar-refractivity contribution >= 4 is 0 Å². The van der Waals surface area contributed by atoms with Gasteiger partial charge in [-0.2, -0.15) is 13.2 Å². The van der Waals surface area contributed by atoms with E-state index in [1.54, 1.807) is 6.92 Å². The molecular formula is C8H12F3NO. The summed E-state index contributed by atoms with van der Waals surface area (Å²) in [7, 11) is 0. The average molecular weight is 195 g/mol. The molecule has 0 aliphatic rings. The van der Waals surface area contributed by atoms with E-state index in [-0.39, 0.29) is 0 Å². The lowest BCUT2D eigenvalue weighted by atomic mass is 10.3. The highest BCUT2D eigenvalue weighted by atomic mass is 19.4.